The maximum absolute atomic E-state index is 12.4. The van der Waals surface area contributed by atoms with E-state index in [1.54, 1.807) is 30.1 Å². The number of nitrogens with zero attached hydrogens (tertiary/aromatic N) is 4. The molecule has 0 saturated carbocycles. The lowest BCUT2D eigenvalue weighted by atomic mass is 10.1. The number of carbonyl (C=O) groups excluding carboxylic acids is 1. The number of H-pyrrole nitrogens is 1. The number of hydrogen-bond acceptors (Lipinski definition) is 5. The molecule has 1 atom stereocenters. The SMILES string of the molecule is C[C@@H](CO)NC(=O)c1c[nH]c2ncc(-c3nn(C)c4cc(Cl)ccc34)nc12. The second kappa shape index (κ2) is 6.64. The Labute approximate surface area is 159 Å². The molecule has 0 spiro atoms. The average Bonchev–Trinajstić information content (AvgIpc) is 3.22. The van der Waals surface area contributed by atoms with Gasteiger partial charge >= 0.3 is 0 Å². The second-order valence-electron chi connectivity index (χ2n) is 6.35. The molecule has 4 aromatic rings. The van der Waals surface area contributed by atoms with Crippen molar-refractivity contribution in [2.45, 2.75) is 13.0 Å². The number of aryl methyl sites for hydroxylation is 1. The number of benzene rings is 1. The van der Waals surface area contributed by atoms with Crippen LogP contribution in [0.4, 0.5) is 0 Å². The quantitative estimate of drug-likeness (QED) is 0.500. The van der Waals surface area contributed by atoms with E-state index in [1.807, 2.05) is 19.2 Å². The summed E-state index contributed by atoms with van der Waals surface area (Å²) in [5.74, 6) is -0.327. The highest BCUT2D eigenvalue weighted by Crippen LogP contribution is 2.29. The molecule has 3 heterocycles. The number of aromatic amines is 1. The van der Waals surface area contributed by atoms with E-state index in [0.29, 0.717) is 33.1 Å². The Hall–Kier alpha value is -2.97. The summed E-state index contributed by atoms with van der Waals surface area (Å²) < 4.78 is 1.73. The zero-order valence-electron chi connectivity index (χ0n) is 14.7. The first-order chi connectivity index (χ1) is 13.0. The number of amides is 1. The summed E-state index contributed by atoms with van der Waals surface area (Å²) in [4.78, 5) is 24.4. The van der Waals surface area contributed by atoms with Crippen molar-refractivity contribution in [3.05, 3.63) is 41.2 Å². The van der Waals surface area contributed by atoms with Crippen molar-refractivity contribution in [1.82, 2.24) is 30.0 Å². The fourth-order valence-electron chi connectivity index (χ4n) is 2.95. The van der Waals surface area contributed by atoms with Gasteiger partial charge in [-0.3, -0.25) is 9.48 Å². The van der Waals surface area contributed by atoms with Gasteiger partial charge in [0.25, 0.3) is 5.91 Å². The number of carbonyl (C=O) groups is 1. The first-order valence-corrected chi connectivity index (χ1v) is 8.74. The monoisotopic (exact) mass is 384 g/mol. The number of aromatic nitrogens is 5. The van der Waals surface area contributed by atoms with Crippen molar-refractivity contribution < 1.29 is 9.90 Å². The molecule has 3 N–H and O–H groups in total. The van der Waals surface area contributed by atoms with E-state index >= 15 is 0 Å². The van der Waals surface area contributed by atoms with E-state index in [9.17, 15) is 4.79 Å². The summed E-state index contributed by atoms with van der Waals surface area (Å²) in [6.45, 7) is 1.57. The van der Waals surface area contributed by atoms with Crippen LogP contribution in [0.2, 0.25) is 5.02 Å². The molecule has 0 bridgehead atoms. The molecule has 9 heteroatoms. The molecule has 0 fully saturated rings. The fourth-order valence-corrected chi connectivity index (χ4v) is 3.11. The van der Waals surface area contributed by atoms with Crippen LogP contribution in [0.15, 0.2) is 30.6 Å². The fraction of sp³-hybridized carbons (Fsp3) is 0.222. The molecular weight excluding hydrogens is 368 g/mol. The number of hydrogen-bond donors (Lipinski definition) is 3. The van der Waals surface area contributed by atoms with E-state index in [4.69, 9.17) is 16.7 Å². The molecule has 4 rings (SSSR count). The van der Waals surface area contributed by atoms with Gasteiger partial charge in [0.1, 0.15) is 16.9 Å². The normalized spacial score (nSPS) is 12.6. The highest BCUT2D eigenvalue weighted by atomic mass is 35.5. The van der Waals surface area contributed by atoms with Gasteiger partial charge in [-0.2, -0.15) is 5.10 Å². The molecule has 0 radical (unpaired) electrons. The molecule has 3 aromatic heterocycles. The summed E-state index contributed by atoms with van der Waals surface area (Å²) in [6.07, 6.45) is 3.18. The predicted octanol–water partition coefficient (Wildman–Crippen LogP) is 2.28. The average molecular weight is 385 g/mol. The van der Waals surface area contributed by atoms with Crippen LogP contribution in [-0.2, 0) is 7.05 Å². The zero-order chi connectivity index (χ0) is 19.1. The minimum atomic E-state index is -0.358. The van der Waals surface area contributed by atoms with E-state index in [1.165, 1.54) is 0 Å². The van der Waals surface area contributed by atoms with Crippen LogP contribution in [0.5, 0.6) is 0 Å². The predicted molar refractivity (Wildman–Crippen MR) is 103 cm³/mol. The van der Waals surface area contributed by atoms with Gasteiger partial charge in [0.2, 0.25) is 0 Å². The number of rotatable bonds is 4. The Kier molecular flexibility index (Phi) is 4.29. The Morgan fingerprint density at radius 2 is 2.26 bits per heavy atom. The van der Waals surface area contributed by atoms with Gasteiger partial charge in [-0.1, -0.05) is 11.6 Å². The third-order valence-electron chi connectivity index (χ3n) is 4.33. The number of aliphatic hydroxyl groups is 1. The van der Waals surface area contributed by atoms with Crippen LogP contribution >= 0.6 is 11.6 Å². The van der Waals surface area contributed by atoms with Crippen molar-refractivity contribution >= 4 is 39.6 Å². The summed E-state index contributed by atoms with van der Waals surface area (Å²) >= 11 is 6.08. The largest absolute Gasteiger partial charge is 0.394 e. The lowest BCUT2D eigenvalue weighted by Crippen LogP contribution is -2.34. The molecule has 0 aliphatic carbocycles. The Balaban J connectivity index is 1.82. The third-order valence-corrected chi connectivity index (χ3v) is 4.57. The van der Waals surface area contributed by atoms with Crippen LogP contribution in [-0.4, -0.2) is 48.4 Å². The zero-order valence-corrected chi connectivity index (χ0v) is 15.4. The molecule has 0 aliphatic rings. The Bertz CT molecular complexity index is 1170. The van der Waals surface area contributed by atoms with Gasteiger partial charge in [0, 0.05) is 29.7 Å². The lowest BCUT2D eigenvalue weighted by Gasteiger charge is -2.09. The maximum atomic E-state index is 12.4. The maximum Gasteiger partial charge on any atom is 0.255 e. The van der Waals surface area contributed by atoms with Crippen molar-refractivity contribution in [2.24, 2.45) is 7.05 Å². The van der Waals surface area contributed by atoms with Gasteiger partial charge in [0.15, 0.2) is 5.65 Å². The number of fused-ring (bicyclic) bond motifs is 2. The van der Waals surface area contributed by atoms with Crippen LogP contribution in [0.1, 0.15) is 17.3 Å². The minimum absolute atomic E-state index is 0.145. The van der Waals surface area contributed by atoms with Gasteiger partial charge < -0.3 is 15.4 Å². The smallest absolute Gasteiger partial charge is 0.255 e. The van der Waals surface area contributed by atoms with Crippen LogP contribution in [0.3, 0.4) is 0 Å². The standard InChI is InChI=1S/C18H17ClN6O2/c1-9(8-26)22-18(27)12-6-20-17-16(12)23-13(7-21-17)15-11-4-3-10(19)5-14(11)25(2)24-15/h3-7,9,26H,8H2,1-2H3,(H,20,21)(H,22,27)/t9-/m0/s1. The van der Waals surface area contributed by atoms with Crippen molar-refractivity contribution in [2.75, 3.05) is 6.61 Å². The van der Waals surface area contributed by atoms with E-state index in [2.05, 4.69) is 25.4 Å². The van der Waals surface area contributed by atoms with E-state index in [0.717, 1.165) is 10.9 Å². The van der Waals surface area contributed by atoms with E-state index in [-0.39, 0.29) is 18.6 Å². The summed E-state index contributed by atoms with van der Waals surface area (Å²) in [6, 6.07) is 5.17. The van der Waals surface area contributed by atoms with Gasteiger partial charge in [-0.15, -0.1) is 0 Å². The minimum Gasteiger partial charge on any atom is -0.394 e. The van der Waals surface area contributed by atoms with Crippen LogP contribution < -0.4 is 5.32 Å². The van der Waals surface area contributed by atoms with Gasteiger partial charge in [0.05, 0.1) is 23.9 Å². The summed E-state index contributed by atoms with van der Waals surface area (Å²) in [5, 5.41) is 17.9. The molecular formula is C18H17ClN6O2. The van der Waals surface area contributed by atoms with Crippen LogP contribution in [0.25, 0.3) is 33.5 Å². The third kappa shape index (κ3) is 3.02. The van der Waals surface area contributed by atoms with Crippen molar-refractivity contribution in [3.8, 4) is 11.4 Å². The number of nitrogens with one attached hydrogen (secondary N) is 2. The molecule has 0 unspecified atom stereocenters. The Morgan fingerprint density at radius 1 is 1.44 bits per heavy atom. The Morgan fingerprint density at radius 3 is 3.04 bits per heavy atom. The second-order valence-corrected chi connectivity index (χ2v) is 6.78. The van der Waals surface area contributed by atoms with Crippen molar-refractivity contribution in [3.63, 3.8) is 0 Å². The first-order valence-electron chi connectivity index (χ1n) is 8.36. The molecule has 1 aromatic carbocycles. The lowest BCUT2D eigenvalue weighted by molar-refractivity contribution is 0.0924. The summed E-state index contributed by atoms with van der Waals surface area (Å²) in [5.41, 5.74) is 3.41. The molecule has 1 amide bonds. The molecule has 0 saturated heterocycles. The number of halogens is 1. The van der Waals surface area contributed by atoms with Gasteiger partial charge in [-0.25, -0.2) is 9.97 Å². The molecule has 0 aliphatic heterocycles. The van der Waals surface area contributed by atoms with E-state index < -0.39 is 0 Å². The molecule has 138 valence electrons. The highest BCUT2D eigenvalue weighted by molar-refractivity contribution is 6.31. The van der Waals surface area contributed by atoms with Crippen molar-refractivity contribution in [1.29, 1.82) is 0 Å². The first kappa shape index (κ1) is 17.4. The topological polar surface area (TPSA) is 109 Å². The molecule has 27 heavy (non-hydrogen) atoms. The summed E-state index contributed by atoms with van der Waals surface area (Å²) in [7, 11) is 1.83. The van der Waals surface area contributed by atoms with Crippen LogP contribution in [0, 0.1) is 0 Å². The molecule has 8 nitrogen and oxygen atoms in total. The number of aliphatic hydroxyl groups excluding tert-OH is 1. The van der Waals surface area contributed by atoms with Gasteiger partial charge in [-0.05, 0) is 25.1 Å². The highest BCUT2D eigenvalue weighted by Gasteiger charge is 2.19.